The predicted molar refractivity (Wildman–Crippen MR) is 37.2 cm³/mol. The summed E-state index contributed by atoms with van der Waals surface area (Å²) >= 11 is 0. The van der Waals surface area contributed by atoms with Gasteiger partial charge in [-0.3, -0.25) is 4.90 Å². The van der Waals surface area contributed by atoms with Crippen LogP contribution in [0.4, 0.5) is 0 Å². The summed E-state index contributed by atoms with van der Waals surface area (Å²) in [6, 6.07) is 0.475. The fourth-order valence-corrected chi connectivity index (χ4v) is 1.99. The Balaban J connectivity index is 2.17. The largest absolute Gasteiger partial charge is 0.326 e. The van der Waals surface area contributed by atoms with Gasteiger partial charge >= 0.3 is 0 Å². The van der Waals surface area contributed by atoms with Crippen molar-refractivity contribution in [2.75, 3.05) is 13.6 Å². The van der Waals surface area contributed by atoms with Gasteiger partial charge in [0.1, 0.15) is 0 Å². The van der Waals surface area contributed by atoms with Gasteiger partial charge in [-0.2, -0.15) is 0 Å². The highest BCUT2D eigenvalue weighted by Crippen LogP contribution is 2.47. The van der Waals surface area contributed by atoms with Gasteiger partial charge in [0.05, 0.1) is 0 Å². The van der Waals surface area contributed by atoms with Crippen LogP contribution >= 0.6 is 0 Å². The van der Waals surface area contributed by atoms with E-state index >= 15 is 0 Å². The summed E-state index contributed by atoms with van der Waals surface area (Å²) in [5, 5.41) is 0. The topological polar surface area (TPSA) is 29.3 Å². The number of nitrogens with zero attached hydrogens (tertiary/aromatic N) is 1. The number of rotatable bonds is 0. The van der Waals surface area contributed by atoms with Crippen molar-refractivity contribution in [3.05, 3.63) is 0 Å². The standard InChI is InChI=1S/C7H14N2/c1-9-5-2-6(8)7(9)3-4-7/h6H,2-5,8H2,1H3. The molecule has 1 heterocycles. The van der Waals surface area contributed by atoms with Crippen molar-refractivity contribution in [1.82, 2.24) is 4.90 Å². The Morgan fingerprint density at radius 2 is 2.22 bits per heavy atom. The maximum absolute atomic E-state index is 5.92. The van der Waals surface area contributed by atoms with Crippen LogP contribution in [0.2, 0.25) is 0 Å². The van der Waals surface area contributed by atoms with Crippen molar-refractivity contribution >= 4 is 0 Å². The van der Waals surface area contributed by atoms with Gasteiger partial charge in [-0.15, -0.1) is 0 Å². The van der Waals surface area contributed by atoms with Gasteiger partial charge in [0.2, 0.25) is 0 Å². The summed E-state index contributed by atoms with van der Waals surface area (Å²) in [4.78, 5) is 2.43. The summed E-state index contributed by atoms with van der Waals surface area (Å²) < 4.78 is 0. The summed E-state index contributed by atoms with van der Waals surface area (Å²) in [7, 11) is 2.19. The van der Waals surface area contributed by atoms with Gasteiger partial charge in [-0.25, -0.2) is 0 Å². The fourth-order valence-electron chi connectivity index (χ4n) is 1.99. The van der Waals surface area contributed by atoms with E-state index in [0.29, 0.717) is 11.6 Å². The Labute approximate surface area is 56.0 Å². The quantitative estimate of drug-likeness (QED) is 0.502. The molecule has 1 aliphatic heterocycles. The second-order valence-corrected chi connectivity index (χ2v) is 3.42. The summed E-state index contributed by atoms with van der Waals surface area (Å²) in [6.45, 7) is 1.21. The third-order valence-electron chi connectivity index (χ3n) is 2.99. The zero-order valence-corrected chi connectivity index (χ0v) is 5.93. The molecule has 2 nitrogen and oxygen atoms in total. The molecule has 2 N–H and O–H groups in total. The molecule has 2 fully saturated rings. The first-order valence-corrected chi connectivity index (χ1v) is 3.72. The highest BCUT2D eigenvalue weighted by Gasteiger charge is 2.54. The van der Waals surface area contributed by atoms with E-state index in [0.717, 1.165) is 0 Å². The first-order chi connectivity index (χ1) is 4.26. The molecular formula is C7H14N2. The second-order valence-electron chi connectivity index (χ2n) is 3.42. The molecule has 0 aromatic carbocycles. The van der Waals surface area contributed by atoms with Gasteiger partial charge in [0, 0.05) is 11.6 Å². The van der Waals surface area contributed by atoms with Gasteiger partial charge in [0.15, 0.2) is 0 Å². The maximum Gasteiger partial charge on any atom is 0.0359 e. The summed E-state index contributed by atoms with van der Waals surface area (Å²) in [5.41, 5.74) is 6.40. The van der Waals surface area contributed by atoms with E-state index in [1.54, 1.807) is 0 Å². The lowest BCUT2D eigenvalue weighted by molar-refractivity contribution is 0.277. The molecule has 1 aliphatic carbocycles. The van der Waals surface area contributed by atoms with E-state index in [2.05, 4.69) is 11.9 Å². The van der Waals surface area contributed by atoms with E-state index in [4.69, 9.17) is 5.73 Å². The molecule has 1 atom stereocenters. The van der Waals surface area contributed by atoms with Crippen molar-refractivity contribution in [3.8, 4) is 0 Å². The van der Waals surface area contributed by atoms with Crippen LogP contribution in [0.1, 0.15) is 19.3 Å². The van der Waals surface area contributed by atoms with Crippen LogP contribution in [0, 0.1) is 0 Å². The Morgan fingerprint density at radius 1 is 1.56 bits per heavy atom. The molecule has 52 valence electrons. The minimum Gasteiger partial charge on any atom is -0.326 e. The average molecular weight is 126 g/mol. The molecule has 1 saturated carbocycles. The Hall–Kier alpha value is -0.0800. The lowest BCUT2D eigenvalue weighted by atomic mass is 10.1. The van der Waals surface area contributed by atoms with Gasteiger partial charge < -0.3 is 5.73 Å². The minimum atomic E-state index is 0.472. The van der Waals surface area contributed by atoms with Crippen LogP contribution in [0.15, 0.2) is 0 Å². The van der Waals surface area contributed by atoms with Crippen molar-refractivity contribution in [2.45, 2.75) is 30.8 Å². The first kappa shape index (κ1) is 5.69. The molecule has 0 aromatic rings. The third kappa shape index (κ3) is 0.578. The van der Waals surface area contributed by atoms with E-state index in [9.17, 15) is 0 Å². The molecule has 1 saturated heterocycles. The van der Waals surface area contributed by atoms with Crippen molar-refractivity contribution in [2.24, 2.45) is 5.73 Å². The summed E-state index contributed by atoms with van der Waals surface area (Å²) in [6.07, 6.45) is 3.88. The molecular weight excluding hydrogens is 112 g/mol. The van der Waals surface area contributed by atoms with Gasteiger partial charge in [-0.1, -0.05) is 0 Å². The smallest absolute Gasteiger partial charge is 0.0359 e. The lowest BCUT2D eigenvalue weighted by Crippen LogP contribution is -2.39. The lowest BCUT2D eigenvalue weighted by Gasteiger charge is -2.20. The molecule has 9 heavy (non-hydrogen) atoms. The molecule has 1 unspecified atom stereocenters. The van der Waals surface area contributed by atoms with Crippen molar-refractivity contribution in [1.29, 1.82) is 0 Å². The maximum atomic E-state index is 5.92. The number of likely N-dealkylation sites (tertiary alicyclic amines) is 1. The van der Waals surface area contributed by atoms with Crippen LogP contribution < -0.4 is 5.73 Å². The molecule has 2 heteroatoms. The molecule has 1 spiro atoms. The highest BCUT2D eigenvalue weighted by molar-refractivity contribution is 5.13. The molecule has 0 radical (unpaired) electrons. The normalized spacial score (nSPS) is 40.0. The third-order valence-corrected chi connectivity index (χ3v) is 2.99. The van der Waals surface area contributed by atoms with Crippen LogP contribution in [0.5, 0.6) is 0 Å². The first-order valence-electron chi connectivity index (χ1n) is 3.72. The number of likely N-dealkylation sites (N-methyl/N-ethyl adjacent to an activating group) is 1. The van der Waals surface area contributed by atoms with E-state index in [1.807, 2.05) is 0 Å². The van der Waals surface area contributed by atoms with E-state index < -0.39 is 0 Å². The van der Waals surface area contributed by atoms with Gasteiger partial charge in [0.25, 0.3) is 0 Å². The van der Waals surface area contributed by atoms with Crippen LogP contribution in [0.25, 0.3) is 0 Å². The zero-order valence-electron chi connectivity index (χ0n) is 5.93. The zero-order chi connectivity index (χ0) is 6.48. The minimum absolute atomic E-state index is 0.472. The molecule has 0 aromatic heterocycles. The number of hydrogen-bond acceptors (Lipinski definition) is 2. The molecule has 2 aliphatic rings. The monoisotopic (exact) mass is 126 g/mol. The van der Waals surface area contributed by atoms with Crippen molar-refractivity contribution < 1.29 is 0 Å². The van der Waals surface area contributed by atoms with Crippen LogP contribution in [-0.2, 0) is 0 Å². The molecule has 2 rings (SSSR count). The Bertz CT molecular complexity index is 117. The second kappa shape index (κ2) is 1.50. The Kier molecular flexibility index (Phi) is 0.945. The summed E-state index contributed by atoms with van der Waals surface area (Å²) in [5.74, 6) is 0. The van der Waals surface area contributed by atoms with Crippen LogP contribution in [-0.4, -0.2) is 30.1 Å². The molecule has 0 amide bonds. The van der Waals surface area contributed by atoms with Crippen molar-refractivity contribution in [3.63, 3.8) is 0 Å². The highest BCUT2D eigenvalue weighted by atomic mass is 15.3. The van der Waals surface area contributed by atoms with E-state index in [-0.39, 0.29) is 0 Å². The van der Waals surface area contributed by atoms with E-state index in [1.165, 1.54) is 25.8 Å². The van der Waals surface area contributed by atoms with Crippen LogP contribution in [0.3, 0.4) is 0 Å². The number of hydrogen-bond donors (Lipinski definition) is 1. The van der Waals surface area contributed by atoms with Gasteiger partial charge in [-0.05, 0) is 32.9 Å². The average Bonchev–Trinajstić information content (AvgIpc) is 2.56. The number of nitrogens with two attached hydrogens (primary N) is 1. The SMILES string of the molecule is CN1CCC(N)C12CC2. The Morgan fingerprint density at radius 3 is 2.44 bits per heavy atom. The fraction of sp³-hybridized carbons (Fsp3) is 1.00. The predicted octanol–water partition coefficient (Wildman–Crippen LogP) is 0.182. The molecule has 0 bridgehead atoms.